The largest absolute Gasteiger partial charge is 0.335 e. The highest BCUT2D eigenvalue weighted by molar-refractivity contribution is 7.99. The summed E-state index contributed by atoms with van der Waals surface area (Å²) in [5, 5.41) is 14.2. The van der Waals surface area contributed by atoms with Crippen LogP contribution in [0, 0.1) is 0 Å². The van der Waals surface area contributed by atoms with E-state index in [9.17, 15) is 9.59 Å². The number of urea groups is 1. The first kappa shape index (κ1) is 20.0. The Balaban J connectivity index is 1.91. The number of benzene rings is 1. The summed E-state index contributed by atoms with van der Waals surface area (Å²) < 4.78 is 1.99. The number of thioether (sulfide) groups is 1. The Labute approximate surface area is 158 Å². The zero-order valence-electron chi connectivity index (χ0n) is 15.4. The molecule has 0 aliphatic rings. The summed E-state index contributed by atoms with van der Waals surface area (Å²) in [4.78, 5) is 23.6. The van der Waals surface area contributed by atoms with Crippen LogP contribution in [0.25, 0.3) is 0 Å². The first-order valence-corrected chi connectivity index (χ1v) is 9.71. The fourth-order valence-corrected chi connectivity index (χ4v) is 3.13. The first-order valence-electron chi connectivity index (χ1n) is 8.72. The number of hydrogen-bond acceptors (Lipinski definition) is 5. The summed E-state index contributed by atoms with van der Waals surface area (Å²) in [6.45, 7) is 6.58. The number of aromatic nitrogens is 3. The van der Waals surface area contributed by atoms with Crippen LogP contribution in [0.4, 0.5) is 4.79 Å². The molecule has 0 saturated heterocycles. The molecule has 8 heteroatoms. The lowest BCUT2D eigenvalue weighted by atomic mass is 10.1. The summed E-state index contributed by atoms with van der Waals surface area (Å²) in [5.74, 6) is 0.611. The van der Waals surface area contributed by atoms with E-state index < -0.39 is 6.03 Å². The molecule has 0 saturated carbocycles. The molecular formula is C18H25N5O2S. The first-order chi connectivity index (χ1) is 12.5. The molecule has 0 spiro atoms. The molecule has 0 aliphatic heterocycles. The van der Waals surface area contributed by atoms with E-state index in [4.69, 9.17) is 0 Å². The lowest BCUT2D eigenvalue weighted by molar-refractivity contribution is -0.117. The van der Waals surface area contributed by atoms with Gasteiger partial charge in [-0.2, -0.15) is 0 Å². The van der Waals surface area contributed by atoms with E-state index in [-0.39, 0.29) is 17.7 Å². The maximum atomic E-state index is 11.9. The average Bonchev–Trinajstić information content (AvgIpc) is 3.02. The lowest BCUT2D eigenvalue weighted by Gasteiger charge is -2.11. The van der Waals surface area contributed by atoms with Crippen molar-refractivity contribution in [2.45, 2.75) is 51.4 Å². The number of nitrogens with one attached hydrogen (secondary N) is 2. The van der Waals surface area contributed by atoms with Crippen molar-refractivity contribution in [1.29, 1.82) is 0 Å². The van der Waals surface area contributed by atoms with Gasteiger partial charge in [0.1, 0.15) is 5.82 Å². The molecule has 26 heavy (non-hydrogen) atoms. The number of amides is 3. The monoisotopic (exact) mass is 375 g/mol. The van der Waals surface area contributed by atoms with Gasteiger partial charge >= 0.3 is 6.03 Å². The summed E-state index contributed by atoms with van der Waals surface area (Å²) in [7, 11) is 0. The Kier molecular flexibility index (Phi) is 7.65. The molecule has 140 valence electrons. The van der Waals surface area contributed by atoms with E-state index in [0.717, 1.165) is 17.8 Å². The molecule has 2 N–H and O–H groups in total. The molecule has 1 atom stereocenters. The number of rotatable bonds is 8. The van der Waals surface area contributed by atoms with Gasteiger partial charge in [-0.1, -0.05) is 49.0 Å². The molecular weight excluding hydrogens is 350 g/mol. The van der Waals surface area contributed by atoms with Gasteiger partial charge in [-0.3, -0.25) is 10.1 Å². The highest BCUT2D eigenvalue weighted by Gasteiger charge is 2.15. The van der Waals surface area contributed by atoms with Crippen LogP contribution < -0.4 is 10.6 Å². The third-order valence-electron chi connectivity index (χ3n) is 3.89. The molecule has 2 aromatic rings. The summed E-state index contributed by atoms with van der Waals surface area (Å²) in [6, 6.07) is 9.62. The quantitative estimate of drug-likeness (QED) is 0.692. The zero-order valence-corrected chi connectivity index (χ0v) is 16.2. The zero-order chi connectivity index (χ0) is 18.9. The molecule has 0 aliphatic carbocycles. The van der Waals surface area contributed by atoms with Gasteiger partial charge in [-0.25, -0.2) is 4.79 Å². The number of hydrogen-bond donors (Lipinski definition) is 2. The molecule has 1 heterocycles. The molecule has 2 rings (SSSR count). The third kappa shape index (κ3) is 5.87. The van der Waals surface area contributed by atoms with Crippen molar-refractivity contribution in [3.63, 3.8) is 0 Å². The second kappa shape index (κ2) is 9.96. The normalized spacial score (nSPS) is 11.8. The molecule has 0 fully saturated rings. The lowest BCUT2D eigenvalue weighted by Crippen LogP contribution is -2.43. The Morgan fingerprint density at radius 3 is 2.58 bits per heavy atom. The van der Waals surface area contributed by atoms with E-state index >= 15 is 0 Å². The van der Waals surface area contributed by atoms with Crippen LogP contribution >= 0.6 is 11.8 Å². The maximum Gasteiger partial charge on any atom is 0.321 e. The highest BCUT2D eigenvalue weighted by Crippen LogP contribution is 2.18. The number of imide groups is 1. The van der Waals surface area contributed by atoms with Crippen LogP contribution in [0.2, 0.25) is 0 Å². The van der Waals surface area contributed by atoms with Crippen molar-refractivity contribution >= 4 is 23.7 Å². The summed E-state index contributed by atoms with van der Waals surface area (Å²) in [5.41, 5.74) is 1.16. The van der Waals surface area contributed by atoms with Crippen LogP contribution in [-0.2, 0) is 17.8 Å². The summed E-state index contributed by atoms with van der Waals surface area (Å²) >= 11 is 1.28. The predicted octanol–water partition coefficient (Wildman–Crippen LogP) is 2.61. The van der Waals surface area contributed by atoms with E-state index in [1.165, 1.54) is 11.8 Å². The predicted molar refractivity (Wildman–Crippen MR) is 102 cm³/mol. The van der Waals surface area contributed by atoms with Gasteiger partial charge in [0.05, 0.1) is 5.75 Å². The van der Waals surface area contributed by atoms with E-state index in [1.54, 1.807) is 0 Å². The van der Waals surface area contributed by atoms with E-state index in [0.29, 0.717) is 18.1 Å². The minimum atomic E-state index is -0.466. The minimum Gasteiger partial charge on any atom is -0.335 e. The molecule has 0 radical (unpaired) electrons. The van der Waals surface area contributed by atoms with Crippen molar-refractivity contribution in [3.8, 4) is 0 Å². The van der Waals surface area contributed by atoms with Crippen LogP contribution in [0.1, 0.15) is 38.6 Å². The van der Waals surface area contributed by atoms with Gasteiger partial charge in [-0.05, 0) is 25.8 Å². The number of carbonyl (C=O) groups excluding carboxylic acids is 2. The van der Waals surface area contributed by atoms with Crippen LogP contribution in [0.3, 0.4) is 0 Å². The molecule has 7 nitrogen and oxygen atoms in total. The SMILES string of the molecule is CC[C@H](C)NC(=O)NC(=O)CSc1nnc(Cc2ccccc2)n1CC. The highest BCUT2D eigenvalue weighted by atomic mass is 32.2. The Hall–Kier alpha value is -2.35. The number of nitrogens with zero attached hydrogens (tertiary/aromatic N) is 3. The topological polar surface area (TPSA) is 88.9 Å². The number of carbonyl (C=O) groups is 2. The smallest absolute Gasteiger partial charge is 0.321 e. The molecule has 1 aromatic carbocycles. The maximum absolute atomic E-state index is 11.9. The molecule has 0 bridgehead atoms. The van der Waals surface area contributed by atoms with Gasteiger partial charge in [0.15, 0.2) is 5.16 Å². The molecule has 0 unspecified atom stereocenters. The fraction of sp³-hybridized carbons (Fsp3) is 0.444. The second-order valence-electron chi connectivity index (χ2n) is 5.93. The average molecular weight is 375 g/mol. The molecule has 3 amide bonds. The Bertz CT molecular complexity index is 732. The third-order valence-corrected chi connectivity index (χ3v) is 4.86. The standard InChI is InChI=1S/C18H25N5O2S/c1-4-13(3)19-17(25)20-16(24)12-26-18-22-21-15(23(18)5-2)11-14-9-7-6-8-10-14/h6-10,13H,4-5,11-12H2,1-3H3,(H2,19,20,24,25)/t13-/m0/s1. The van der Waals surface area contributed by atoms with Crippen LogP contribution in [0.15, 0.2) is 35.5 Å². The van der Waals surface area contributed by atoms with Gasteiger partial charge in [0.2, 0.25) is 5.91 Å². The van der Waals surface area contributed by atoms with Gasteiger partial charge < -0.3 is 9.88 Å². The summed E-state index contributed by atoms with van der Waals surface area (Å²) in [6.07, 6.45) is 1.49. The van der Waals surface area contributed by atoms with Crippen molar-refractivity contribution < 1.29 is 9.59 Å². The van der Waals surface area contributed by atoms with E-state index in [2.05, 4.69) is 20.8 Å². The van der Waals surface area contributed by atoms with Gasteiger partial charge in [-0.15, -0.1) is 10.2 Å². The van der Waals surface area contributed by atoms with Gasteiger partial charge in [0.25, 0.3) is 0 Å². The minimum absolute atomic E-state index is 0.0270. The van der Waals surface area contributed by atoms with Crippen molar-refractivity contribution in [3.05, 3.63) is 41.7 Å². The van der Waals surface area contributed by atoms with Crippen LogP contribution in [0.5, 0.6) is 0 Å². The van der Waals surface area contributed by atoms with Crippen molar-refractivity contribution in [2.75, 3.05) is 5.75 Å². The van der Waals surface area contributed by atoms with Crippen molar-refractivity contribution in [1.82, 2.24) is 25.4 Å². The van der Waals surface area contributed by atoms with Crippen molar-refractivity contribution in [2.24, 2.45) is 0 Å². The Morgan fingerprint density at radius 2 is 1.92 bits per heavy atom. The van der Waals surface area contributed by atoms with Crippen LogP contribution in [-0.4, -0.2) is 38.5 Å². The Morgan fingerprint density at radius 1 is 1.19 bits per heavy atom. The van der Waals surface area contributed by atoms with Gasteiger partial charge in [0, 0.05) is 19.0 Å². The second-order valence-corrected chi connectivity index (χ2v) is 6.87. The fourth-order valence-electron chi connectivity index (χ4n) is 2.31. The van der Waals surface area contributed by atoms with E-state index in [1.807, 2.05) is 55.7 Å². The molecule has 1 aromatic heterocycles.